The molecule has 7 nitrogen and oxygen atoms in total. The lowest BCUT2D eigenvalue weighted by Crippen LogP contribution is -2.35. The highest BCUT2D eigenvalue weighted by Gasteiger charge is 2.55. The molecule has 2 heterocycles. The molecule has 206 valence electrons. The number of anilines is 1. The summed E-state index contributed by atoms with van der Waals surface area (Å²) in [4.78, 5) is 27.3. The Morgan fingerprint density at radius 3 is 2.36 bits per heavy atom. The number of nitrogens with two attached hydrogens (primary N) is 1. The van der Waals surface area contributed by atoms with E-state index in [0.29, 0.717) is 28.7 Å². The molecule has 6 rings (SSSR count). The van der Waals surface area contributed by atoms with Crippen LogP contribution in [-0.4, -0.2) is 24.1 Å². The lowest BCUT2D eigenvalue weighted by atomic mass is 9.74. The molecule has 39 heavy (non-hydrogen) atoms. The number of thioether (sulfide) groups is 1. The third-order valence-corrected chi connectivity index (χ3v) is 12.4. The SMILES string of the molecule is CC(C)(C)c1ccc([C@H]2c3sc(=O)n(CC(=O)Nc4ccc(S(N)(=O)=O)cc4)c3SC3C4CCC(C4)C32)cc1. The molecule has 3 aliphatic rings. The zero-order valence-electron chi connectivity index (χ0n) is 22.2. The summed E-state index contributed by atoms with van der Waals surface area (Å²) in [6.45, 7) is 6.56. The Labute approximate surface area is 237 Å². The first kappa shape index (κ1) is 26.8. The number of amides is 1. The minimum absolute atomic E-state index is 0.0259. The first-order valence-electron chi connectivity index (χ1n) is 13.3. The summed E-state index contributed by atoms with van der Waals surface area (Å²) in [5, 5.41) is 9.34. The van der Waals surface area contributed by atoms with E-state index in [1.807, 2.05) is 11.8 Å². The van der Waals surface area contributed by atoms with Gasteiger partial charge in [0.2, 0.25) is 15.9 Å². The maximum atomic E-state index is 13.3. The first-order chi connectivity index (χ1) is 18.4. The molecule has 2 fully saturated rings. The molecular weight excluding hydrogens is 551 g/mol. The van der Waals surface area contributed by atoms with Crippen LogP contribution < -0.4 is 15.3 Å². The average Bonchev–Trinajstić information content (AvgIpc) is 3.56. The van der Waals surface area contributed by atoms with Gasteiger partial charge in [-0.05, 0) is 77.8 Å². The smallest absolute Gasteiger partial charge is 0.308 e. The molecule has 1 aromatic heterocycles. The van der Waals surface area contributed by atoms with Gasteiger partial charge in [0.25, 0.3) is 0 Å². The van der Waals surface area contributed by atoms with E-state index in [4.69, 9.17) is 5.14 Å². The number of sulfonamides is 1. The van der Waals surface area contributed by atoms with Gasteiger partial charge < -0.3 is 5.32 Å². The fourth-order valence-electron chi connectivity index (χ4n) is 6.72. The number of nitrogens with zero attached hydrogens (tertiary/aromatic N) is 1. The topological polar surface area (TPSA) is 111 Å². The second-order valence-electron chi connectivity index (χ2n) is 12.1. The molecule has 2 saturated carbocycles. The molecule has 2 aliphatic carbocycles. The largest absolute Gasteiger partial charge is 0.325 e. The van der Waals surface area contributed by atoms with Crippen LogP contribution in [0.25, 0.3) is 0 Å². The van der Waals surface area contributed by atoms with Gasteiger partial charge in [0, 0.05) is 21.7 Å². The number of hydrogen-bond donors (Lipinski definition) is 2. The zero-order valence-corrected chi connectivity index (χ0v) is 24.7. The third-order valence-electron chi connectivity index (χ3n) is 8.59. The van der Waals surface area contributed by atoms with Crippen LogP contribution in [0.1, 0.15) is 62.0 Å². The molecule has 4 unspecified atom stereocenters. The van der Waals surface area contributed by atoms with E-state index in [1.54, 1.807) is 4.57 Å². The van der Waals surface area contributed by atoms with Crippen LogP contribution in [0.5, 0.6) is 0 Å². The number of benzene rings is 2. The summed E-state index contributed by atoms with van der Waals surface area (Å²) in [5.74, 6) is 1.69. The number of hydrogen-bond acceptors (Lipinski definition) is 6. The maximum absolute atomic E-state index is 13.3. The van der Waals surface area contributed by atoms with Crippen LogP contribution in [0.2, 0.25) is 0 Å². The van der Waals surface area contributed by atoms with Crippen molar-refractivity contribution >= 4 is 44.7 Å². The van der Waals surface area contributed by atoms with Gasteiger partial charge in [-0.2, -0.15) is 0 Å². The van der Waals surface area contributed by atoms with E-state index in [0.717, 1.165) is 9.90 Å². The van der Waals surface area contributed by atoms with E-state index < -0.39 is 10.0 Å². The van der Waals surface area contributed by atoms with Crippen molar-refractivity contribution in [3.8, 4) is 0 Å². The molecule has 2 aromatic carbocycles. The molecule has 1 amide bonds. The van der Waals surface area contributed by atoms with E-state index in [-0.39, 0.29) is 33.6 Å². The Morgan fingerprint density at radius 1 is 1.05 bits per heavy atom. The van der Waals surface area contributed by atoms with Gasteiger partial charge in [-0.3, -0.25) is 14.2 Å². The van der Waals surface area contributed by atoms with Crippen LogP contribution in [-0.2, 0) is 26.8 Å². The highest BCUT2D eigenvalue weighted by atomic mass is 32.2. The molecule has 1 aliphatic heterocycles. The maximum Gasteiger partial charge on any atom is 0.308 e. The number of fused-ring (bicyclic) bond motifs is 6. The Bertz CT molecular complexity index is 1580. The number of primary sulfonamides is 1. The quantitative estimate of drug-likeness (QED) is 0.432. The summed E-state index contributed by atoms with van der Waals surface area (Å²) in [5.41, 5.74) is 3.07. The Balaban J connectivity index is 1.31. The Morgan fingerprint density at radius 2 is 1.72 bits per heavy atom. The van der Waals surface area contributed by atoms with Crippen molar-refractivity contribution in [3.63, 3.8) is 0 Å². The molecule has 0 radical (unpaired) electrons. The Kier molecular flexibility index (Phi) is 6.60. The van der Waals surface area contributed by atoms with Crippen molar-refractivity contribution in [1.82, 2.24) is 4.57 Å². The van der Waals surface area contributed by atoms with Crippen molar-refractivity contribution in [2.45, 2.75) is 73.1 Å². The highest BCUT2D eigenvalue weighted by molar-refractivity contribution is 8.00. The van der Waals surface area contributed by atoms with Gasteiger partial charge in [0.1, 0.15) is 6.54 Å². The lowest BCUT2D eigenvalue weighted by Gasteiger charge is -2.40. The minimum Gasteiger partial charge on any atom is -0.325 e. The van der Waals surface area contributed by atoms with Gasteiger partial charge >= 0.3 is 4.87 Å². The highest BCUT2D eigenvalue weighted by Crippen LogP contribution is 2.64. The minimum atomic E-state index is -3.81. The van der Waals surface area contributed by atoms with Gasteiger partial charge in [-0.15, -0.1) is 11.8 Å². The first-order valence-corrected chi connectivity index (χ1v) is 16.6. The standard InChI is InChI=1S/C29H33N3O4S3/c1-29(2,3)19-8-6-16(7-9-19)23-24-17-4-5-18(14-17)25(24)37-27-26(23)38-28(34)32(27)15-22(33)31-20-10-12-21(13-11-20)39(30,35)36/h6-13,17-18,23-25H,4-5,14-15H2,1-3H3,(H,31,33)(H2,30,35,36)/t17?,18?,23-,24?,25?/m1/s1. The van der Waals surface area contributed by atoms with Gasteiger partial charge in [-0.25, -0.2) is 13.6 Å². The van der Waals surface area contributed by atoms with E-state index >= 15 is 0 Å². The average molecular weight is 584 g/mol. The van der Waals surface area contributed by atoms with E-state index in [1.165, 1.54) is 66.0 Å². The summed E-state index contributed by atoms with van der Waals surface area (Å²) < 4.78 is 24.7. The molecule has 2 bridgehead atoms. The number of thiazole rings is 1. The fraction of sp³-hybridized carbons (Fsp3) is 0.448. The molecule has 10 heteroatoms. The van der Waals surface area contributed by atoms with Crippen molar-refractivity contribution in [3.05, 3.63) is 74.2 Å². The van der Waals surface area contributed by atoms with Crippen molar-refractivity contribution < 1.29 is 13.2 Å². The molecule has 0 saturated heterocycles. The fourth-order valence-corrected chi connectivity index (χ4v) is 10.4. The van der Waals surface area contributed by atoms with Gasteiger partial charge in [0.15, 0.2) is 0 Å². The van der Waals surface area contributed by atoms with E-state index in [2.05, 4.69) is 50.4 Å². The van der Waals surface area contributed by atoms with Crippen molar-refractivity contribution in [2.24, 2.45) is 22.9 Å². The Hall–Kier alpha value is -2.40. The summed E-state index contributed by atoms with van der Waals surface area (Å²) in [7, 11) is -3.81. The van der Waals surface area contributed by atoms with Crippen molar-refractivity contribution in [2.75, 3.05) is 5.32 Å². The summed E-state index contributed by atoms with van der Waals surface area (Å²) in [6.07, 6.45) is 3.76. The molecule has 3 aromatic rings. The predicted molar refractivity (Wildman–Crippen MR) is 156 cm³/mol. The monoisotopic (exact) mass is 583 g/mol. The molecule has 5 atom stereocenters. The third kappa shape index (κ3) is 4.90. The number of aromatic nitrogens is 1. The van der Waals surface area contributed by atoms with E-state index in [9.17, 15) is 18.0 Å². The number of rotatable bonds is 5. The molecule has 3 N–H and O–H groups in total. The van der Waals surface area contributed by atoms with Crippen LogP contribution in [0.4, 0.5) is 5.69 Å². The number of carbonyl (C=O) groups excluding carboxylic acids is 1. The summed E-state index contributed by atoms with van der Waals surface area (Å²) in [6, 6.07) is 14.7. The molecule has 0 spiro atoms. The van der Waals surface area contributed by atoms with Crippen LogP contribution in [0, 0.1) is 17.8 Å². The predicted octanol–water partition coefficient (Wildman–Crippen LogP) is 5.15. The zero-order chi connectivity index (χ0) is 27.7. The second-order valence-corrected chi connectivity index (χ2v) is 15.8. The lowest BCUT2D eigenvalue weighted by molar-refractivity contribution is -0.116. The van der Waals surface area contributed by atoms with Gasteiger partial charge in [0.05, 0.1) is 9.92 Å². The summed E-state index contributed by atoms with van der Waals surface area (Å²) >= 11 is 3.09. The van der Waals surface area contributed by atoms with Crippen LogP contribution >= 0.6 is 23.1 Å². The second kappa shape index (κ2) is 9.61. The van der Waals surface area contributed by atoms with Crippen LogP contribution in [0.3, 0.4) is 0 Å². The normalized spacial score (nSPS) is 25.8. The van der Waals surface area contributed by atoms with Crippen molar-refractivity contribution in [1.29, 1.82) is 0 Å². The van der Waals surface area contributed by atoms with Crippen LogP contribution in [0.15, 0.2) is 63.2 Å². The van der Waals surface area contributed by atoms with Gasteiger partial charge in [-0.1, -0.05) is 56.4 Å². The number of carbonyl (C=O) groups is 1. The number of nitrogens with one attached hydrogen (secondary N) is 1. The molecular formula is C29H33N3O4S3.